The number of hydrogen-bond donors (Lipinski definition) is 1. The third-order valence-electron chi connectivity index (χ3n) is 8.61. The number of aryl methyl sites for hydroxylation is 1. The summed E-state index contributed by atoms with van der Waals surface area (Å²) >= 11 is 1.34. The lowest BCUT2D eigenvalue weighted by Crippen LogP contribution is -2.31. The van der Waals surface area contributed by atoms with Gasteiger partial charge in [0, 0.05) is 22.0 Å². The summed E-state index contributed by atoms with van der Waals surface area (Å²) in [5.74, 6) is -0.463. The summed E-state index contributed by atoms with van der Waals surface area (Å²) in [5.41, 5.74) is 5.17. The molecule has 1 N–H and O–H groups in total. The molecule has 0 bridgehead atoms. The molecule has 41 heavy (non-hydrogen) atoms. The van der Waals surface area contributed by atoms with Crippen molar-refractivity contribution in [1.29, 1.82) is 0 Å². The first-order valence-corrected chi connectivity index (χ1v) is 15.0. The highest BCUT2D eigenvalue weighted by Crippen LogP contribution is 2.41. The van der Waals surface area contributed by atoms with Crippen LogP contribution in [-0.2, 0) is 22.4 Å². The molecule has 1 unspecified atom stereocenters. The highest BCUT2D eigenvalue weighted by molar-refractivity contribution is 7.14. The minimum atomic E-state index is -0.485. The maximum Gasteiger partial charge on any atom is 0.339 e. The van der Waals surface area contributed by atoms with Crippen LogP contribution in [0, 0.1) is 11.3 Å². The van der Waals surface area contributed by atoms with E-state index in [-0.39, 0.29) is 12.0 Å². The number of rotatable bonds is 7. The van der Waals surface area contributed by atoms with Crippen LogP contribution in [0.2, 0.25) is 0 Å². The number of nitrogens with zero attached hydrogens (tertiary/aromatic N) is 2. The predicted molar refractivity (Wildman–Crippen MR) is 165 cm³/mol. The van der Waals surface area contributed by atoms with Gasteiger partial charge in [-0.25, -0.2) is 9.78 Å². The summed E-state index contributed by atoms with van der Waals surface area (Å²) in [6, 6.07) is 22.0. The maximum atomic E-state index is 13.6. The van der Waals surface area contributed by atoms with Gasteiger partial charge < -0.3 is 4.74 Å². The fourth-order valence-corrected chi connectivity index (χ4v) is 6.48. The molecule has 208 valence electrons. The first kappa shape index (κ1) is 27.1. The lowest BCUT2D eigenvalue weighted by molar-refractivity contribution is -0.119. The molecule has 0 fully saturated rings. The van der Waals surface area contributed by atoms with Crippen LogP contribution < -0.4 is 5.32 Å². The molecule has 0 aliphatic heterocycles. The molecule has 6 rings (SSSR count). The van der Waals surface area contributed by atoms with E-state index in [2.05, 4.69) is 55.3 Å². The smallest absolute Gasteiger partial charge is 0.339 e. The molecule has 1 amide bonds. The Kier molecular flexibility index (Phi) is 7.30. The van der Waals surface area contributed by atoms with Gasteiger partial charge in [0.1, 0.15) is 0 Å². The molecule has 0 saturated heterocycles. The number of thiazole rings is 1. The van der Waals surface area contributed by atoms with E-state index in [0.717, 1.165) is 69.9 Å². The summed E-state index contributed by atoms with van der Waals surface area (Å²) in [6.45, 7) is 6.42. The van der Waals surface area contributed by atoms with E-state index in [1.165, 1.54) is 11.3 Å². The van der Waals surface area contributed by atoms with E-state index >= 15 is 0 Å². The minimum absolute atomic E-state index is 0.157. The number of aromatic nitrogens is 2. The maximum absolute atomic E-state index is 13.6. The van der Waals surface area contributed by atoms with E-state index in [1.807, 2.05) is 47.8 Å². The number of hydrogen-bond acceptors (Lipinski definition) is 6. The van der Waals surface area contributed by atoms with Crippen molar-refractivity contribution in [2.45, 2.75) is 46.5 Å². The molecule has 0 saturated carbocycles. The molecule has 1 aliphatic carbocycles. The second kappa shape index (κ2) is 11.1. The summed E-state index contributed by atoms with van der Waals surface area (Å²) in [7, 11) is 0. The summed E-state index contributed by atoms with van der Waals surface area (Å²) in [4.78, 5) is 35.9. The quantitative estimate of drug-likeness (QED) is 0.204. The molecule has 3 aromatic carbocycles. The zero-order valence-corrected chi connectivity index (χ0v) is 24.4. The first-order valence-electron chi connectivity index (χ1n) is 14.1. The Morgan fingerprint density at radius 1 is 1.02 bits per heavy atom. The van der Waals surface area contributed by atoms with E-state index in [1.54, 1.807) is 0 Å². The van der Waals surface area contributed by atoms with Crippen molar-refractivity contribution < 1.29 is 14.3 Å². The topological polar surface area (TPSA) is 81.2 Å². The molecule has 7 heteroatoms. The Morgan fingerprint density at radius 3 is 2.63 bits per heavy atom. The first-order chi connectivity index (χ1) is 19.8. The average molecular weight is 564 g/mol. The van der Waals surface area contributed by atoms with Crippen LogP contribution in [0.5, 0.6) is 0 Å². The van der Waals surface area contributed by atoms with Crippen molar-refractivity contribution in [2.24, 2.45) is 11.3 Å². The SMILES string of the molecule is CCC(C)(C)C1CCc2nc3ccccc3c(C(=O)OCC(=O)Nc3nc(-c4ccc5ccccc5c4)cs3)c2C1. The van der Waals surface area contributed by atoms with E-state index in [4.69, 9.17) is 9.72 Å². The minimum Gasteiger partial charge on any atom is -0.452 e. The third-order valence-corrected chi connectivity index (χ3v) is 9.37. The highest BCUT2D eigenvalue weighted by Gasteiger charge is 2.34. The second-order valence-corrected chi connectivity index (χ2v) is 12.3. The van der Waals surface area contributed by atoms with Crippen LogP contribution in [-0.4, -0.2) is 28.5 Å². The number of pyridine rings is 1. The van der Waals surface area contributed by atoms with Gasteiger partial charge in [-0.1, -0.05) is 81.8 Å². The molecule has 5 aromatic rings. The number of benzene rings is 3. The van der Waals surface area contributed by atoms with E-state index < -0.39 is 11.9 Å². The van der Waals surface area contributed by atoms with Crippen LogP contribution in [0.1, 0.15) is 55.2 Å². The number of esters is 1. The van der Waals surface area contributed by atoms with Gasteiger partial charge in [-0.15, -0.1) is 11.3 Å². The number of carbonyl (C=O) groups is 2. The predicted octanol–water partition coefficient (Wildman–Crippen LogP) is 7.85. The number of para-hydroxylation sites is 1. The zero-order chi connectivity index (χ0) is 28.6. The number of carbonyl (C=O) groups excluding carboxylic acids is 2. The second-order valence-electron chi connectivity index (χ2n) is 11.4. The number of nitrogens with one attached hydrogen (secondary N) is 1. The Labute approximate surface area is 243 Å². The standard InChI is InChI=1S/C34H33N3O3S/c1-4-34(2,3)24-15-16-28-26(18-24)31(25-11-7-8-12-27(25)35-28)32(39)40-19-30(38)37-33-36-29(20-41-33)23-14-13-21-9-5-6-10-22(21)17-23/h5-14,17,20,24H,4,15-16,18-19H2,1-3H3,(H,36,37,38). The normalized spacial score (nSPS) is 15.0. The van der Waals surface area contributed by atoms with Crippen molar-refractivity contribution >= 4 is 50.0 Å². The molecule has 6 nitrogen and oxygen atoms in total. The highest BCUT2D eigenvalue weighted by atomic mass is 32.1. The monoisotopic (exact) mass is 563 g/mol. The lowest BCUT2D eigenvalue weighted by Gasteiger charge is -2.37. The summed E-state index contributed by atoms with van der Waals surface area (Å²) in [5, 5.41) is 8.23. The van der Waals surface area contributed by atoms with Crippen molar-refractivity contribution in [1.82, 2.24) is 9.97 Å². The van der Waals surface area contributed by atoms with Gasteiger partial charge in [0.25, 0.3) is 5.91 Å². The van der Waals surface area contributed by atoms with Gasteiger partial charge in [0.2, 0.25) is 0 Å². The Morgan fingerprint density at radius 2 is 1.80 bits per heavy atom. The van der Waals surface area contributed by atoms with Crippen molar-refractivity contribution in [2.75, 3.05) is 11.9 Å². The summed E-state index contributed by atoms with van der Waals surface area (Å²) < 4.78 is 5.62. The number of anilines is 1. The Bertz CT molecular complexity index is 1770. The number of amides is 1. The largest absolute Gasteiger partial charge is 0.452 e. The van der Waals surface area contributed by atoms with E-state index in [9.17, 15) is 9.59 Å². The molecule has 0 spiro atoms. The Balaban J connectivity index is 1.18. The van der Waals surface area contributed by atoms with Gasteiger partial charge >= 0.3 is 5.97 Å². The molecular weight excluding hydrogens is 530 g/mol. The number of fused-ring (bicyclic) bond motifs is 3. The van der Waals surface area contributed by atoms with Crippen LogP contribution in [0.25, 0.3) is 32.9 Å². The van der Waals surface area contributed by atoms with Gasteiger partial charge in [-0.05, 0) is 59.1 Å². The fraction of sp³-hybridized carbons (Fsp3) is 0.294. The van der Waals surface area contributed by atoms with Gasteiger partial charge in [-0.3, -0.25) is 15.1 Å². The molecule has 1 aliphatic rings. The van der Waals surface area contributed by atoms with E-state index in [0.29, 0.717) is 16.6 Å². The van der Waals surface area contributed by atoms with Crippen molar-refractivity contribution in [3.8, 4) is 11.3 Å². The average Bonchev–Trinajstić information content (AvgIpc) is 3.46. The fourth-order valence-electron chi connectivity index (χ4n) is 5.75. The number of ether oxygens (including phenoxy) is 1. The molecule has 2 heterocycles. The molecule has 0 radical (unpaired) electrons. The molecule has 1 atom stereocenters. The van der Waals surface area contributed by atoms with Crippen LogP contribution in [0.4, 0.5) is 5.13 Å². The van der Waals surface area contributed by atoms with Gasteiger partial charge in [-0.2, -0.15) is 0 Å². The van der Waals surface area contributed by atoms with Crippen LogP contribution >= 0.6 is 11.3 Å². The zero-order valence-electron chi connectivity index (χ0n) is 23.6. The van der Waals surface area contributed by atoms with Crippen molar-refractivity contribution in [3.05, 3.63) is 88.9 Å². The van der Waals surface area contributed by atoms with Crippen LogP contribution in [0.3, 0.4) is 0 Å². The third kappa shape index (κ3) is 5.46. The van der Waals surface area contributed by atoms with Gasteiger partial charge in [0.05, 0.1) is 16.8 Å². The van der Waals surface area contributed by atoms with Crippen molar-refractivity contribution in [3.63, 3.8) is 0 Å². The molecule has 2 aromatic heterocycles. The lowest BCUT2D eigenvalue weighted by atomic mass is 9.68. The van der Waals surface area contributed by atoms with Crippen LogP contribution in [0.15, 0.2) is 72.1 Å². The summed E-state index contributed by atoms with van der Waals surface area (Å²) in [6.07, 6.45) is 3.72. The van der Waals surface area contributed by atoms with Gasteiger partial charge in [0.15, 0.2) is 11.7 Å². The molecular formula is C34H33N3O3S. The Hall–Kier alpha value is -4.10.